The van der Waals surface area contributed by atoms with Gasteiger partial charge in [-0.25, -0.2) is 0 Å². The second-order valence-electron chi connectivity index (χ2n) is 5.58. The summed E-state index contributed by atoms with van der Waals surface area (Å²) in [5.41, 5.74) is -0.744. The van der Waals surface area contributed by atoms with Crippen molar-refractivity contribution in [3.05, 3.63) is 29.8 Å². The minimum atomic E-state index is -4.34. The molecule has 108 valence electrons. The molecule has 0 saturated carbocycles. The second-order valence-corrected chi connectivity index (χ2v) is 5.58. The minimum absolute atomic E-state index is 0.0502. The molecule has 1 aromatic rings. The van der Waals surface area contributed by atoms with Gasteiger partial charge in [0.25, 0.3) is 0 Å². The lowest BCUT2D eigenvalue weighted by atomic mass is 10.1. The first-order valence-corrected chi connectivity index (χ1v) is 6.17. The SMILES string of the molecule is CC(CNC(C)(C)C)Oc1cccc(C(F)(F)F)c1. The zero-order chi connectivity index (χ0) is 14.7. The lowest BCUT2D eigenvalue weighted by molar-refractivity contribution is -0.137. The Morgan fingerprint density at radius 1 is 1.21 bits per heavy atom. The third kappa shape index (κ3) is 5.96. The van der Waals surface area contributed by atoms with Crippen LogP contribution >= 0.6 is 0 Å². The van der Waals surface area contributed by atoms with Gasteiger partial charge in [-0.3, -0.25) is 0 Å². The molecule has 1 rings (SSSR count). The molecule has 1 atom stereocenters. The van der Waals surface area contributed by atoms with E-state index in [2.05, 4.69) is 5.32 Å². The van der Waals surface area contributed by atoms with E-state index in [-0.39, 0.29) is 17.4 Å². The molecule has 2 nitrogen and oxygen atoms in total. The van der Waals surface area contributed by atoms with Crippen molar-refractivity contribution in [1.29, 1.82) is 0 Å². The molecule has 0 aliphatic rings. The standard InChI is InChI=1S/C14H20F3NO/c1-10(9-18-13(2,3)4)19-12-7-5-6-11(8-12)14(15,16)17/h5-8,10,18H,9H2,1-4H3. The minimum Gasteiger partial charge on any atom is -0.489 e. The number of benzene rings is 1. The first kappa shape index (κ1) is 15.8. The van der Waals surface area contributed by atoms with Crippen LogP contribution in [0.4, 0.5) is 13.2 Å². The molecule has 0 saturated heterocycles. The topological polar surface area (TPSA) is 21.3 Å². The average molecular weight is 275 g/mol. The van der Waals surface area contributed by atoms with Gasteiger partial charge in [0.2, 0.25) is 0 Å². The van der Waals surface area contributed by atoms with Crippen molar-refractivity contribution in [3.8, 4) is 5.75 Å². The van der Waals surface area contributed by atoms with E-state index in [4.69, 9.17) is 4.74 Å². The van der Waals surface area contributed by atoms with Crippen molar-refractivity contribution >= 4 is 0 Å². The van der Waals surface area contributed by atoms with E-state index >= 15 is 0 Å². The summed E-state index contributed by atoms with van der Waals surface area (Å²) in [6.07, 6.45) is -4.55. The lowest BCUT2D eigenvalue weighted by Gasteiger charge is -2.24. The van der Waals surface area contributed by atoms with Crippen molar-refractivity contribution in [3.63, 3.8) is 0 Å². The molecule has 0 radical (unpaired) electrons. The number of nitrogens with one attached hydrogen (secondary N) is 1. The number of rotatable bonds is 4. The molecular formula is C14H20F3NO. The summed E-state index contributed by atoms with van der Waals surface area (Å²) >= 11 is 0. The molecule has 1 N–H and O–H groups in total. The van der Waals surface area contributed by atoms with Crippen LogP contribution in [0.25, 0.3) is 0 Å². The van der Waals surface area contributed by atoms with Gasteiger partial charge in [-0.2, -0.15) is 13.2 Å². The van der Waals surface area contributed by atoms with Gasteiger partial charge in [0.1, 0.15) is 11.9 Å². The van der Waals surface area contributed by atoms with E-state index in [1.165, 1.54) is 12.1 Å². The van der Waals surface area contributed by atoms with Gasteiger partial charge in [-0.05, 0) is 45.9 Å². The van der Waals surface area contributed by atoms with E-state index in [0.29, 0.717) is 6.54 Å². The summed E-state index contributed by atoms with van der Waals surface area (Å²) in [4.78, 5) is 0. The highest BCUT2D eigenvalue weighted by molar-refractivity contribution is 5.30. The number of halogens is 3. The lowest BCUT2D eigenvalue weighted by Crippen LogP contribution is -2.41. The van der Waals surface area contributed by atoms with Gasteiger partial charge in [0.05, 0.1) is 5.56 Å². The van der Waals surface area contributed by atoms with Crippen LogP contribution in [0.1, 0.15) is 33.3 Å². The Hall–Kier alpha value is -1.23. The maximum Gasteiger partial charge on any atom is 0.416 e. The zero-order valence-electron chi connectivity index (χ0n) is 11.6. The van der Waals surface area contributed by atoms with E-state index in [1.807, 2.05) is 27.7 Å². The van der Waals surface area contributed by atoms with E-state index < -0.39 is 11.7 Å². The van der Waals surface area contributed by atoms with Crippen LogP contribution in [0.15, 0.2) is 24.3 Å². The summed E-state index contributed by atoms with van der Waals surface area (Å²) in [5, 5.41) is 3.24. The highest BCUT2D eigenvalue weighted by atomic mass is 19.4. The van der Waals surface area contributed by atoms with Crippen molar-refractivity contribution in [2.45, 2.75) is 45.5 Å². The van der Waals surface area contributed by atoms with Crippen LogP contribution in [-0.4, -0.2) is 18.2 Å². The van der Waals surface area contributed by atoms with Gasteiger partial charge in [-0.1, -0.05) is 6.07 Å². The fraction of sp³-hybridized carbons (Fsp3) is 0.571. The number of hydrogen-bond acceptors (Lipinski definition) is 2. The Bertz CT molecular complexity index is 410. The monoisotopic (exact) mass is 275 g/mol. The quantitative estimate of drug-likeness (QED) is 0.901. The fourth-order valence-electron chi connectivity index (χ4n) is 1.47. The smallest absolute Gasteiger partial charge is 0.416 e. The van der Waals surface area contributed by atoms with Crippen LogP contribution in [0, 0.1) is 0 Å². The van der Waals surface area contributed by atoms with Gasteiger partial charge in [0, 0.05) is 12.1 Å². The summed E-state index contributed by atoms with van der Waals surface area (Å²) in [6.45, 7) is 8.44. The third-order valence-electron chi connectivity index (χ3n) is 2.42. The normalized spacial score (nSPS) is 14.3. The Morgan fingerprint density at radius 3 is 2.37 bits per heavy atom. The maximum atomic E-state index is 12.5. The van der Waals surface area contributed by atoms with E-state index in [1.54, 1.807) is 0 Å². The molecule has 0 amide bonds. The Balaban J connectivity index is 2.62. The van der Waals surface area contributed by atoms with Gasteiger partial charge < -0.3 is 10.1 Å². The Kier molecular flexibility index (Phi) is 4.85. The van der Waals surface area contributed by atoms with Gasteiger partial charge >= 0.3 is 6.18 Å². The van der Waals surface area contributed by atoms with Crippen molar-refractivity contribution in [2.75, 3.05) is 6.54 Å². The predicted octanol–water partition coefficient (Wildman–Crippen LogP) is 3.86. The van der Waals surface area contributed by atoms with Crippen LogP contribution < -0.4 is 10.1 Å². The van der Waals surface area contributed by atoms with E-state index in [0.717, 1.165) is 12.1 Å². The van der Waals surface area contributed by atoms with Crippen LogP contribution in [-0.2, 0) is 6.18 Å². The molecule has 0 aliphatic carbocycles. The molecule has 0 fully saturated rings. The Labute approximate surface area is 112 Å². The first-order chi connectivity index (χ1) is 8.58. The zero-order valence-corrected chi connectivity index (χ0v) is 11.6. The highest BCUT2D eigenvalue weighted by Gasteiger charge is 2.30. The molecule has 5 heteroatoms. The molecular weight excluding hydrogens is 255 g/mol. The largest absolute Gasteiger partial charge is 0.489 e. The van der Waals surface area contributed by atoms with Crippen LogP contribution in [0.5, 0.6) is 5.75 Å². The summed E-state index contributed by atoms with van der Waals surface area (Å²) in [7, 11) is 0. The third-order valence-corrected chi connectivity index (χ3v) is 2.42. The first-order valence-electron chi connectivity index (χ1n) is 6.17. The maximum absolute atomic E-state index is 12.5. The summed E-state index contributed by atoms with van der Waals surface area (Å²) < 4.78 is 43.1. The summed E-state index contributed by atoms with van der Waals surface area (Å²) in [5.74, 6) is 0.234. The average Bonchev–Trinajstić information content (AvgIpc) is 2.25. The molecule has 1 unspecified atom stereocenters. The van der Waals surface area contributed by atoms with E-state index in [9.17, 15) is 13.2 Å². The highest BCUT2D eigenvalue weighted by Crippen LogP contribution is 2.31. The Morgan fingerprint density at radius 2 is 1.84 bits per heavy atom. The number of hydrogen-bond donors (Lipinski definition) is 1. The van der Waals surface area contributed by atoms with Crippen molar-refractivity contribution < 1.29 is 17.9 Å². The molecule has 0 bridgehead atoms. The predicted molar refractivity (Wildman–Crippen MR) is 69.3 cm³/mol. The fourth-order valence-corrected chi connectivity index (χ4v) is 1.47. The molecule has 0 spiro atoms. The van der Waals surface area contributed by atoms with Gasteiger partial charge in [0.15, 0.2) is 0 Å². The molecule has 0 heterocycles. The van der Waals surface area contributed by atoms with Crippen LogP contribution in [0.3, 0.4) is 0 Å². The second kappa shape index (κ2) is 5.82. The number of ether oxygens (including phenoxy) is 1. The molecule has 1 aromatic carbocycles. The number of alkyl halides is 3. The van der Waals surface area contributed by atoms with Crippen molar-refractivity contribution in [1.82, 2.24) is 5.32 Å². The molecule has 0 aliphatic heterocycles. The van der Waals surface area contributed by atoms with Gasteiger partial charge in [-0.15, -0.1) is 0 Å². The summed E-state index contributed by atoms with van der Waals surface area (Å²) in [6, 6.07) is 4.93. The molecule has 0 aromatic heterocycles. The van der Waals surface area contributed by atoms with Crippen LogP contribution in [0.2, 0.25) is 0 Å². The van der Waals surface area contributed by atoms with Crippen molar-refractivity contribution in [2.24, 2.45) is 0 Å². The molecule has 19 heavy (non-hydrogen) atoms.